The highest BCUT2D eigenvalue weighted by Crippen LogP contribution is 2.55. The third-order valence-electron chi connectivity index (χ3n) is 7.07. The van der Waals surface area contributed by atoms with E-state index in [-0.39, 0.29) is 0 Å². The van der Waals surface area contributed by atoms with E-state index >= 15 is 0 Å². The summed E-state index contributed by atoms with van der Waals surface area (Å²) in [6.07, 6.45) is 1.16. The fraction of sp³-hybridized carbons (Fsp3) is 0.200. The minimum atomic E-state index is -0.450. The van der Waals surface area contributed by atoms with Crippen molar-refractivity contribution in [3.8, 4) is 5.30 Å². The predicted molar refractivity (Wildman–Crippen MR) is 148 cm³/mol. The third-order valence-corrected chi connectivity index (χ3v) is 12.7. The Labute approximate surface area is 194 Å². The molecule has 4 aromatic carbocycles. The molecule has 1 unspecified atom stereocenters. The average Bonchev–Trinajstić information content (AvgIpc) is 3.02. The van der Waals surface area contributed by atoms with E-state index in [1.165, 1.54) is 38.0 Å². The van der Waals surface area contributed by atoms with Gasteiger partial charge in [-0.15, -0.1) is 0 Å². The van der Waals surface area contributed by atoms with Crippen LogP contribution >= 0.6 is 15.5 Å². The van der Waals surface area contributed by atoms with Gasteiger partial charge in [0.1, 0.15) is 0 Å². The molecule has 2 heteroatoms. The number of hydrogen-bond donors (Lipinski definition) is 0. The van der Waals surface area contributed by atoms with Gasteiger partial charge in [-0.25, -0.2) is 0 Å². The van der Waals surface area contributed by atoms with Crippen molar-refractivity contribution in [3.63, 3.8) is 0 Å². The van der Waals surface area contributed by atoms with Crippen LogP contribution in [0.15, 0.2) is 78.9 Å². The summed E-state index contributed by atoms with van der Waals surface area (Å²) in [5.74, 6) is 0. The molecule has 0 nitrogen and oxygen atoms in total. The van der Waals surface area contributed by atoms with Crippen molar-refractivity contribution in [2.45, 2.75) is 34.6 Å². The Kier molecular flexibility index (Phi) is 5.71. The molecule has 0 N–H and O–H groups in total. The average molecular weight is 453 g/mol. The molecule has 32 heavy (non-hydrogen) atoms. The largest absolute Gasteiger partial charge is 0.0855 e. The fourth-order valence-corrected chi connectivity index (χ4v) is 10.8. The maximum Gasteiger partial charge on any atom is 0.0142 e. The lowest BCUT2D eigenvalue weighted by molar-refractivity contribution is 1.32. The molecule has 5 aromatic rings. The molecule has 0 amide bonds. The van der Waals surface area contributed by atoms with Crippen LogP contribution in [-0.2, 0) is 0 Å². The number of benzene rings is 4. The van der Waals surface area contributed by atoms with E-state index in [1.54, 1.807) is 21.2 Å². The topological polar surface area (TPSA) is 0 Å². The zero-order valence-corrected chi connectivity index (χ0v) is 21.4. The Bertz CT molecular complexity index is 1430. The molecule has 0 fully saturated rings. The molecule has 5 rings (SSSR count). The van der Waals surface area contributed by atoms with Gasteiger partial charge in [-0.2, -0.15) is 0 Å². The van der Waals surface area contributed by atoms with Gasteiger partial charge in [-0.05, 0) is 102 Å². The zero-order chi connectivity index (χ0) is 22.4. The van der Waals surface area contributed by atoms with Crippen LogP contribution in [0.25, 0.3) is 26.8 Å². The molecule has 0 bridgehead atoms. The summed E-state index contributed by atoms with van der Waals surface area (Å²) in [7, 11) is -0.877. The molecule has 0 aliphatic heterocycles. The van der Waals surface area contributed by atoms with E-state index in [0.29, 0.717) is 0 Å². The zero-order valence-electron chi connectivity index (χ0n) is 19.6. The molecule has 1 atom stereocenters. The first-order chi connectivity index (χ1) is 15.5. The summed E-state index contributed by atoms with van der Waals surface area (Å²) in [5, 5.41) is 13.3. The molecule has 0 saturated carbocycles. The van der Waals surface area contributed by atoms with Crippen LogP contribution in [0.4, 0.5) is 0 Å². The second-order valence-corrected chi connectivity index (χ2v) is 13.6. The van der Waals surface area contributed by atoms with Gasteiger partial charge in [0.2, 0.25) is 0 Å². The van der Waals surface area contributed by atoms with E-state index < -0.39 is 15.5 Å². The molecule has 160 valence electrons. The van der Waals surface area contributed by atoms with Gasteiger partial charge in [-0.1, -0.05) is 87.3 Å². The second-order valence-electron chi connectivity index (χ2n) is 8.69. The molecule has 0 aliphatic carbocycles. The number of rotatable bonds is 4. The van der Waals surface area contributed by atoms with Crippen LogP contribution in [0.5, 0.6) is 0 Å². The fourth-order valence-electron chi connectivity index (χ4n) is 5.00. The Hall–Kier alpha value is -2.39. The molecule has 1 aromatic heterocycles. The minimum Gasteiger partial charge on any atom is -0.0855 e. The van der Waals surface area contributed by atoms with Gasteiger partial charge in [0.25, 0.3) is 0 Å². The summed E-state index contributed by atoms with van der Waals surface area (Å²) in [4.78, 5) is 0. The normalized spacial score (nSPS) is 12.5. The van der Waals surface area contributed by atoms with Crippen molar-refractivity contribution in [1.29, 1.82) is 0 Å². The maximum atomic E-state index is 2.45. The lowest BCUT2D eigenvalue weighted by atomic mass is 10.1. The highest BCUT2D eigenvalue weighted by Gasteiger charge is 2.23. The van der Waals surface area contributed by atoms with Crippen molar-refractivity contribution < 1.29 is 0 Å². The second kappa shape index (κ2) is 8.51. The molecule has 0 aliphatic rings. The van der Waals surface area contributed by atoms with Gasteiger partial charge in [0, 0.05) is 5.30 Å². The first-order valence-electron chi connectivity index (χ1n) is 11.4. The Morgan fingerprint density at radius 1 is 0.656 bits per heavy atom. The summed E-state index contributed by atoms with van der Waals surface area (Å²) < 4.78 is 0. The molecule has 0 spiro atoms. The molecular formula is C30H30P2. The van der Waals surface area contributed by atoms with E-state index in [1.807, 2.05) is 0 Å². The monoisotopic (exact) mass is 452 g/mol. The van der Waals surface area contributed by atoms with E-state index in [4.69, 9.17) is 0 Å². The summed E-state index contributed by atoms with van der Waals surface area (Å²) in [6.45, 7) is 11.7. The highest BCUT2D eigenvalue weighted by atomic mass is 31.1. The van der Waals surface area contributed by atoms with Crippen molar-refractivity contribution >= 4 is 47.6 Å². The lowest BCUT2D eigenvalue weighted by Gasteiger charge is -2.23. The lowest BCUT2D eigenvalue weighted by Crippen LogP contribution is -2.15. The van der Waals surface area contributed by atoms with Gasteiger partial charge in [0.05, 0.1) is 0 Å². The first kappa shape index (κ1) is 21.5. The van der Waals surface area contributed by atoms with Crippen LogP contribution in [0.1, 0.15) is 28.6 Å². The van der Waals surface area contributed by atoms with E-state index in [2.05, 4.69) is 113 Å². The van der Waals surface area contributed by atoms with Gasteiger partial charge < -0.3 is 0 Å². The third kappa shape index (κ3) is 3.42. The first-order valence-corrected chi connectivity index (χ1v) is 14.3. The van der Waals surface area contributed by atoms with Gasteiger partial charge >= 0.3 is 0 Å². The summed E-state index contributed by atoms with van der Waals surface area (Å²) in [5.41, 5.74) is 3.00. The highest BCUT2D eigenvalue weighted by molar-refractivity contribution is 7.75. The summed E-state index contributed by atoms with van der Waals surface area (Å²) in [6, 6.07) is 29.7. The van der Waals surface area contributed by atoms with Crippen LogP contribution in [0.3, 0.4) is 0 Å². The van der Waals surface area contributed by atoms with Crippen molar-refractivity contribution in [2.75, 3.05) is 6.16 Å². The number of hydrogen-bond acceptors (Lipinski definition) is 0. The van der Waals surface area contributed by atoms with Gasteiger partial charge in [-0.3, -0.25) is 0 Å². The molecular weight excluding hydrogens is 422 g/mol. The Morgan fingerprint density at radius 2 is 1.25 bits per heavy atom. The summed E-state index contributed by atoms with van der Waals surface area (Å²) >= 11 is 0. The van der Waals surface area contributed by atoms with Crippen LogP contribution < -0.4 is 10.6 Å². The van der Waals surface area contributed by atoms with Crippen molar-refractivity contribution in [2.24, 2.45) is 0 Å². The van der Waals surface area contributed by atoms with Crippen LogP contribution in [0, 0.1) is 27.7 Å². The van der Waals surface area contributed by atoms with E-state index in [9.17, 15) is 0 Å². The molecule has 0 radical (unpaired) electrons. The predicted octanol–water partition coefficient (Wildman–Crippen LogP) is 8.66. The number of fused-ring (bicyclic) bond motifs is 2. The van der Waals surface area contributed by atoms with Crippen LogP contribution in [-0.4, -0.2) is 6.16 Å². The minimum absolute atomic E-state index is 0.428. The van der Waals surface area contributed by atoms with Crippen molar-refractivity contribution in [1.82, 2.24) is 0 Å². The Balaban J connectivity index is 1.82. The standard InChI is InChI=1S/C30H30P2/c1-6-31(27-17-15-24-11-7-8-13-26(24)19-27)29-18-16-25-12-9-10-14-28(25)30(29)32-22(4)20(2)21(3)23(32)5/h7-19H,6H2,1-5H3. The SMILES string of the molecule is CCP(c1ccc2ccccc2c1)c1ccc2ccccc2c1-p1c(C)c(C)c(C)c1C. The maximum absolute atomic E-state index is 2.45. The smallest absolute Gasteiger partial charge is 0.0142 e. The Morgan fingerprint density at radius 3 is 1.94 bits per heavy atom. The molecule has 1 heterocycles. The van der Waals surface area contributed by atoms with Gasteiger partial charge in [0.15, 0.2) is 0 Å². The van der Waals surface area contributed by atoms with Crippen LogP contribution in [0.2, 0.25) is 0 Å². The van der Waals surface area contributed by atoms with E-state index in [0.717, 1.165) is 6.16 Å². The quantitative estimate of drug-likeness (QED) is 0.239. The van der Waals surface area contributed by atoms with Crippen molar-refractivity contribution in [3.05, 3.63) is 101 Å². The molecule has 0 saturated heterocycles.